The zero-order valence-corrected chi connectivity index (χ0v) is 18.2. The predicted molar refractivity (Wildman–Crippen MR) is 117 cm³/mol. The Kier molecular flexibility index (Phi) is 7.22. The number of hydrogen-bond donors (Lipinski definition) is 0. The second-order valence-corrected chi connectivity index (χ2v) is 9.21. The van der Waals surface area contributed by atoms with E-state index in [2.05, 4.69) is 0 Å². The Hall–Kier alpha value is -3.00. The van der Waals surface area contributed by atoms with Crippen LogP contribution in [0.15, 0.2) is 89.8 Å². The second kappa shape index (κ2) is 9.87. The van der Waals surface area contributed by atoms with Gasteiger partial charge in [0, 0.05) is 23.2 Å². The number of sulfonamides is 1. The van der Waals surface area contributed by atoms with E-state index in [4.69, 9.17) is 16.3 Å². The molecule has 0 bridgehead atoms. The van der Waals surface area contributed by atoms with Crippen molar-refractivity contribution >= 4 is 33.4 Å². The van der Waals surface area contributed by atoms with E-state index in [1.165, 1.54) is 31.3 Å². The van der Waals surface area contributed by atoms with Gasteiger partial charge in [-0.2, -0.15) is 4.31 Å². The molecule has 0 aliphatic rings. The maximum absolute atomic E-state index is 13.0. The highest BCUT2D eigenvalue weighted by Crippen LogP contribution is 2.23. The lowest BCUT2D eigenvalue weighted by molar-refractivity contribution is -0.147. The first-order valence-corrected chi connectivity index (χ1v) is 11.2. The van der Waals surface area contributed by atoms with Crippen LogP contribution in [0.1, 0.15) is 22.0 Å². The first-order chi connectivity index (χ1) is 14.8. The largest absolute Gasteiger partial charge is 0.448 e. The van der Waals surface area contributed by atoms with Gasteiger partial charge in [-0.25, -0.2) is 8.42 Å². The van der Waals surface area contributed by atoms with E-state index in [0.29, 0.717) is 16.1 Å². The molecule has 1 unspecified atom stereocenters. The molecule has 0 spiro atoms. The molecular formula is C23H20ClNO5S. The number of carbonyl (C=O) groups is 2. The molecule has 6 nitrogen and oxygen atoms in total. The van der Waals surface area contributed by atoms with Gasteiger partial charge in [-0.15, -0.1) is 0 Å². The molecular weight excluding hydrogens is 438 g/mol. The van der Waals surface area contributed by atoms with Crippen molar-refractivity contribution in [2.75, 3.05) is 13.6 Å². The van der Waals surface area contributed by atoms with Gasteiger partial charge in [0.1, 0.15) is 6.54 Å². The summed E-state index contributed by atoms with van der Waals surface area (Å²) in [6, 6.07) is 22.6. The van der Waals surface area contributed by atoms with E-state index in [9.17, 15) is 18.0 Å². The molecule has 3 rings (SSSR count). The monoisotopic (exact) mass is 457 g/mol. The third-order valence-electron chi connectivity index (χ3n) is 4.52. The fourth-order valence-electron chi connectivity index (χ4n) is 2.88. The molecule has 0 saturated carbocycles. The quantitative estimate of drug-likeness (QED) is 0.375. The van der Waals surface area contributed by atoms with Gasteiger partial charge in [0.05, 0.1) is 4.90 Å². The van der Waals surface area contributed by atoms with Crippen LogP contribution in [0.25, 0.3) is 0 Å². The maximum atomic E-state index is 13.0. The Morgan fingerprint density at radius 1 is 0.903 bits per heavy atom. The average molecular weight is 458 g/mol. The number of ketones is 1. The van der Waals surface area contributed by atoms with Crippen LogP contribution in [0.3, 0.4) is 0 Å². The minimum Gasteiger partial charge on any atom is -0.448 e. The fourth-order valence-corrected chi connectivity index (χ4v) is 4.12. The molecule has 0 aromatic heterocycles. The van der Waals surface area contributed by atoms with Crippen LogP contribution >= 0.6 is 11.6 Å². The number of hydrogen-bond acceptors (Lipinski definition) is 5. The number of likely N-dealkylation sites (N-methyl/N-ethyl adjacent to an activating group) is 1. The van der Waals surface area contributed by atoms with Crippen LogP contribution < -0.4 is 0 Å². The van der Waals surface area contributed by atoms with Gasteiger partial charge in [-0.3, -0.25) is 9.59 Å². The highest BCUT2D eigenvalue weighted by molar-refractivity contribution is 7.89. The Balaban J connectivity index is 1.79. The average Bonchev–Trinajstić information content (AvgIpc) is 2.78. The normalized spacial score (nSPS) is 12.4. The predicted octanol–water partition coefficient (Wildman–Crippen LogP) is 4.13. The summed E-state index contributed by atoms with van der Waals surface area (Å²) in [6.45, 7) is -0.559. The molecule has 0 aliphatic heterocycles. The molecule has 160 valence electrons. The summed E-state index contributed by atoms with van der Waals surface area (Å²) < 4.78 is 31.7. The number of Topliss-reactive ketones (excluding diaryl/α,β-unsaturated/α-hetero) is 1. The molecule has 0 heterocycles. The number of halogens is 1. The van der Waals surface area contributed by atoms with Crippen LogP contribution in [0.4, 0.5) is 0 Å². The Morgan fingerprint density at radius 2 is 1.45 bits per heavy atom. The number of ether oxygens (including phenoxy) is 1. The molecule has 31 heavy (non-hydrogen) atoms. The highest BCUT2D eigenvalue weighted by atomic mass is 35.5. The number of rotatable bonds is 8. The molecule has 1 atom stereocenters. The van der Waals surface area contributed by atoms with Crippen LogP contribution in [-0.4, -0.2) is 38.1 Å². The third kappa shape index (κ3) is 5.58. The van der Waals surface area contributed by atoms with E-state index in [1.807, 2.05) is 0 Å². The Labute approximate surface area is 186 Å². The SMILES string of the molecule is CN(CC(=O)OC(C(=O)c1ccccc1)c1ccccc1)S(=O)(=O)c1ccc(Cl)cc1. The number of carbonyl (C=O) groups excluding carboxylic acids is 2. The Bertz CT molecular complexity index is 1150. The summed E-state index contributed by atoms with van der Waals surface area (Å²) in [5.41, 5.74) is 0.874. The summed E-state index contributed by atoms with van der Waals surface area (Å²) in [7, 11) is -2.67. The molecule has 0 N–H and O–H groups in total. The molecule has 3 aromatic rings. The first kappa shape index (κ1) is 22.7. The van der Waals surface area contributed by atoms with Crippen molar-refractivity contribution in [2.45, 2.75) is 11.0 Å². The van der Waals surface area contributed by atoms with Gasteiger partial charge < -0.3 is 4.74 Å². The van der Waals surface area contributed by atoms with Gasteiger partial charge in [-0.1, -0.05) is 72.3 Å². The van der Waals surface area contributed by atoms with Gasteiger partial charge >= 0.3 is 5.97 Å². The first-order valence-electron chi connectivity index (χ1n) is 9.34. The minimum absolute atomic E-state index is 0.00725. The molecule has 0 saturated heterocycles. The van der Waals surface area contributed by atoms with E-state index in [-0.39, 0.29) is 4.90 Å². The highest BCUT2D eigenvalue weighted by Gasteiger charge is 2.29. The van der Waals surface area contributed by atoms with Gasteiger partial charge in [0.2, 0.25) is 15.8 Å². The maximum Gasteiger partial charge on any atom is 0.322 e. The summed E-state index contributed by atoms with van der Waals surface area (Å²) in [6.07, 6.45) is -1.19. The third-order valence-corrected chi connectivity index (χ3v) is 6.59. The van der Waals surface area contributed by atoms with Crippen molar-refractivity contribution < 1.29 is 22.7 Å². The van der Waals surface area contributed by atoms with Gasteiger partial charge in [0.25, 0.3) is 0 Å². The van der Waals surface area contributed by atoms with Gasteiger partial charge in [-0.05, 0) is 24.3 Å². The number of benzene rings is 3. The van der Waals surface area contributed by atoms with Crippen LogP contribution in [0, 0.1) is 0 Å². The number of nitrogens with zero attached hydrogens (tertiary/aromatic N) is 1. The molecule has 0 amide bonds. The standard InChI is InChI=1S/C23H20ClNO5S/c1-25(31(28,29)20-14-12-19(24)13-15-20)16-21(26)30-23(18-10-6-3-7-11-18)22(27)17-8-4-2-5-9-17/h2-15,23H,16H2,1H3. The van der Waals surface area contributed by atoms with Crippen molar-refractivity contribution in [3.63, 3.8) is 0 Å². The lowest BCUT2D eigenvalue weighted by atomic mass is 10.00. The topological polar surface area (TPSA) is 80.8 Å². The summed E-state index contributed by atoms with van der Waals surface area (Å²) in [5, 5.41) is 0.395. The smallest absolute Gasteiger partial charge is 0.322 e. The zero-order chi connectivity index (χ0) is 22.4. The lowest BCUT2D eigenvalue weighted by Gasteiger charge is -2.20. The molecule has 3 aromatic carbocycles. The van der Waals surface area contributed by atoms with E-state index < -0.39 is 34.4 Å². The molecule has 0 fully saturated rings. The van der Waals surface area contributed by atoms with Crippen molar-refractivity contribution in [2.24, 2.45) is 0 Å². The summed E-state index contributed by atoms with van der Waals surface area (Å²) in [5.74, 6) is -1.25. The number of esters is 1. The minimum atomic E-state index is -3.93. The second-order valence-electron chi connectivity index (χ2n) is 6.73. The fraction of sp³-hybridized carbons (Fsp3) is 0.130. The van der Waals surface area contributed by atoms with Crippen LogP contribution in [0.2, 0.25) is 5.02 Å². The lowest BCUT2D eigenvalue weighted by Crippen LogP contribution is -2.34. The van der Waals surface area contributed by atoms with Crippen LogP contribution in [0.5, 0.6) is 0 Å². The van der Waals surface area contributed by atoms with Gasteiger partial charge in [0.15, 0.2) is 6.10 Å². The molecule has 0 radical (unpaired) electrons. The Morgan fingerprint density at radius 3 is 2.03 bits per heavy atom. The summed E-state index contributed by atoms with van der Waals surface area (Å²) >= 11 is 5.81. The zero-order valence-electron chi connectivity index (χ0n) is 16.6. The molecule has 8 heteroatoms. The molecule has 0 aliphatic carbocycles. The van der Waals surface area contributed by atoms with Crippen molar-refractivity contribution in [3.8, 4) is 0 Å². The van der Waals surface area contributed by atoms with Crippen molar-refractivity contribution in [1.82, 2.24) is 4.31 Å². The van der Waals surface area contributed by atoms with Crippen molar-refractivity contribution in [1.29, 1.82) is 0 Å². The van der Waals surface area contributed by atoms with E-state index >= 15 is 0 Å². The van der Waals surface area contributed by atoms with E-state index in [1.54, 1.807) is 60.7 Å². The summed E-state index contributed by atoms with van der Waals surface area (Å²) in [4.78, 5) is 25.6. The van der Waals surface area contributed by atoms with Crippen LogP contribution in [-0.2, 0) is 19.6 Å². The van der Waals surface area contributed by atoms with E-state index in [0.717, 1.165) is 4.31 Å². The van der Waals surface area contributed by atoms with Crippen molar-refractivity contribution in [3.05, 3.63) is 101 Å².